The Balaban J connectivity index is 1.32. The Labute approximate surface area is 326 Å². The number of nitrogens with zero attached hydrogens (tertiary/aromatic N) is 1. The molecular formula is C46H55N3O6. The second-order valence-electron chi connectivity index (χ2n) is 13.9. The van der Waals surface area contributed by atoms with Gasteiger partial charge >= 0.3 is 0 Å². The fourth-order valence-corrected chi connectivity index (χ4v) is 6.34. The van der Waals surface area contributed by atoms with Crippen LogP contribution in [0.2, 0.25) is 0 Å². The molecular weight excluding hydrogens is 691 g/mol. The van der Waals surface area contributed by atoms with E-state index in [0.29, 0.717) is 52.6 Å². The van der Waals surface area contributed by atoms with Gasteiger partial charge in [-0.25, -0.2) is 0 Å². The summed E-state index contributed by atoms with van der Waals surface area (Å²) in [6.07, 6.45) is 3.55. The minimum absolute atomic E-state index is 0.0647. The fourth-order valence-electron chi connectivity index (χ4n) is 6.34. The number of pyridine rings is 1. The Bertz CT molecular complexity index is 2030. The molecule has 0 fully saturated rings. The second kappa shape index (κ2) is 20.5. The van der Waals surface area contributed by atoms with Crippen LogP contribution < -0.4 is 29.6 Å². The molecule has 0 saturated heterocycles. The molecule has 0 saturated carbocycles. The molecule has 0 radical (unpaired) electrons. The standard InChI is InChI=1S/C46H55N3O6/c1-31(2)27-52-45-22-43(32(3)20-39(45)25-48-16-18-50)54-29-37-11-7-13-41(34(37)5)42-14-8-12-38(35(42)6)30-55-44-23-46(53-28-36-10-9-15-47-24-36)40(21-33(44)4)26-49-17-19-51/h7-15,20-24,48-51H,1,16-19,25-30H2,2-6H3. The van der Waals surface area contributed by atoms with E-state index in [1.165, 1.54) is 0 Å². The summed E-state index contributed by atoms with van der Waals surface area (Å²) < 4.78 is 25.3. The van der Waals surface area contributed by atoms with Crippen LogP contribution in [0, 0.1) is 27.7 Å². The van der Waals surface area contributed by atoms with Crippen molar-refractivity contribution in [2.75, 3.05) is 32.9 Å². The van der Waals surface area contributed by atoms with Gasteiger partial charge in [-0.3, -0.25) is 4.98 Å². The molecule has 1 heterocycles. The van der Waals surface area contributed by atoms with E-state index in [-0.39, 0.29) is 13.2 Å². The summed E-state index contributed by atoms with van der Waals surface area (Å²) >= 11 is 0. The molecule has 0 spiro atoms. The number of aliphatic hydroxyl groups is 2. The Morgan fingerprint density at radius 1 is 0.618 bits per heavy atom. The maximum Gasteiger partial charge on any atom is 0.128 e. The summed E-state index contributed by atoms with van der Waals surface area (Å²) in [6.45, 7) is 18.2. The average molecular weight is 746 g/mol. The molecule has 0 aliphatic carbocycles. The van der Waals surface area contributed by atoms with Crippen LogP contribution in [0.25, 0.3) is 11.1 Å². The predicted molar refractivity (Wildman–Crippen MR) is 219 cm³/mol. The molecule has 0 unspecified atom stereocenters. The monoisotopic (exact) mass is 745 g/mol. The lowest BCUT2D eigenvalue weighted by atomic mass is 9.92. The van der Waals surface area contributed by atoms with Crippen LogP contribution in [0.3, 0.4) is 0 Å². The Kier molecular flexibility index (Phi) is 15.3. The van der Waals surface area contributed by atoms with Crippen LogP contribution in [0.4, 0.5) is 0 Å². The molecule has 0 aliphatic heterocycles. The third kappa shape index (κ3) is 11.4. The first-order valence-electron chi connectivity index (χ1n) is 18.8. The topological polar surface area (TPSA) is 114 Å². The van der Waals surface area contributed by atoms with E-state index in [1.807, 2.05) is 45.0 Å². The lowest BCUT2D eigenvalue weighted by molar-refractivity contribution is 0.281. The van der Waals surface area contributed by atoms with E-state index in [0.717, 1.165) is 89.8 Å². The van der Waals surface area contributed by atoms with Gasteiger partial charge in [0, 0.05) is 67.4 Å². The van der Waals surface area contributed by atoms with E-state index in [1.54, 1.807) is 12.4 Å². The summed E-state index contributed by atoms with van der Waals surface area (Å²) in [5.41, 5.74) is 12.7. The van der Waals surface area contributed by atoms with Crippen LogP contribution in [0.15, 0.2) is 97.3 Å². The molecule has 9 nitrogen and oxygen atoms in total. The molecule has 0 aliphatic rings. The first-order valence-corrected chi connectivity index (χ1v) is 18.8. The fraction of sp³-hybridized carbons (Fsp3) is 0.326. The van der Waals surface area contributed by atoms with Gasteiger partial charge in [0.2, 0.25) is 0 Å². The molecule has 0 atom stereocenters. The molecule has 290 valence electrons. The SMILES string of the molecule is C=C(C)COc1cc(OCc2cccc(-c3cccc(COc4cc(OCc5cccnc5)c(CNCCO)cc4C)c3C)c2C)c(C)cc1CNCCO. The van der Waals surface area contributed by atoms with E-state index in [2.05, 4.69) is 84.6 Å². The molecule has 9 heteroatoms. The summed E-state index contributed by atoms with van der Waals surface area (Å²) in [5, 5.41) is 25.0. The van der Waals surface area contributed by atoms with Crippen molar-refractivity contribution in [1.82, 2.24) is 15.6 Å². The lowest BCUT2D eigenvalue weighted by Crippen LogP contribution is -2.18. The first kappa shape index (κ1) is 41.0. The molecule has 4 N–H and O–H groups in total. The van der Waals surface area contributed by atoms with Crippen LogP contribution in [0.1, 0.15) is 57.0 Å². The maximum atomic E-state index is 9.29. The molecule has 0 bridgehead atoms. The molecule has 55 heavy (non-hydrogen) atoms. The Morgan fingerprint density at radius 3 is 1.60 bits per heavy atom. The van der Waals surface area contributed by atoms with Crippen LogP contribution in [-0.4, -0.2) is 48.1 Å². The van der Waals surface area contributed by atoms with Crippen LogP contribution >= 0.6 is 0 Å². The lowest BCUT2D eigenvalue weighted by Gasteiger charge is -2.19. The third-order valence-electron chi connectivity index (χ3n) is 9.46. The van der Waals surface area contributed by atoms with Gasteiger partial charge < -0.3 is 39.8 Å². The van der Waals surface area contributed by atoms with Gasteiger partial charge in [-0.05, 0) is 103 Å². The maximum absolute atomic E-state index is 9.29. The van der Waals surface area contributed by atoms with Crippen molar-refractivity contribution in [2.45, 2.75) is 67.5 Å². The third-order valence-corrected chi connectivity index (χ3v) is 9.46. The number of rotatable bonds is 21. The van der Waals surface area contributed by atoms with Crippen molar-refractivity contribution < 1.29 is 29.2 Å². The highest BCUT2D eigenvalue weighted by Gasteiger charge is 2.16. The summed E-state index contributed by atoms with van der Waals surface area (Å²) in [6, 6.07) is 24.7. The Morgan fingerprint density at radius 2 is 1.13 bits per heavy atom. The van der Waals surface area contributed by atoms with E-state index >= 15 is 0 Å². The van der Waals surface area contributed by atoms with Crippen LogP contribution in [-0.2, 0) is 32.9 Å². The zero-order valence-corrected chi connectivity index (χ0v) is 32.8. The minimum Gasteiger partial charge on any atom is -0.489 e. The number of nitrogens with one attached hydrogen (secondary N) is 2. The zero-order valence-electron chi connectivity index (χ0n) is 32.8. The van der Waals surface area contributed by atoms with Crippen molar-refractivity contribution in [3.8, 4) is 34.1 Å². The number of hydrogen-bond donors (Lipinski definition) is 4. The Hall–Kier alpha value is -5.19. The number of aryl methyl sites for hydroxylation is 2. The summed E-state index contributed by atoms with van der Waals surface area (Å²) in [4.78, 5) is 4.21. The molecule has 5 rings (SSSR count). The first-order chi connectivity index (χ1) is 26.7. The average Bonchev–Trinajstić information content (AvgIpc) is 3.18. The quantitative estimate of drug-likeness (QED) is 0.0441. The van der Waals surface area contributed by atoms with E-state index < -0.39 is 0 Å². The van der Waals surface area contributed by atoms with Gasteiger partial charge in [-0.1, -0.05) is 49.0 Å². The second-order valence-corrected chi connectivity index (χ2v) is 13.9. The van der Waals surface area contributed by atoms with Crippen molar-refractivity contribution in [1.29, 1.82) is 0 Å². The highest BCUT2D eigenvalue weighted by Crippen LogP contribution is 2.35. The molecule has 4 aromatic carbocycles. The van der Waals surface area contributed by atoms with Crippen molar-refractivity contribution in [3.05, 3.63) is 147 Å². The zero-order chi connectivity index (χ0) is 39.2. The highest BCUT2D eigenvalue weighted by molar-refractivity contribution is 5.72. The van der Waals surface area contributed by atoms with Crippen molar-refractivity contribution >= 4 is 0 Å². The number of aromatic nitrogens is 1. The highest BCUT2D eigenvalue weighted by atomic mass is 16.5. The summed E-state index contributed by atoms with van der Waals surface area (Å²) in [7, 11) is 0. The summed E-state index contributed by atoms with van der Waals surface area (Å²) in [5.74, 6) is 2.99. The molecule has 1 aromatic heterocycles. The van der Waals surface area contributed by atoms with Gasteiger partial charge in [-0.15, -0.1) is 0 Å². The number of hydrogen-bond acceptors (Lipinski definition) is 9. The minimum atomic E-state index is 0.0647. The van der Waals surface area contributed by atoms with Gasteiger partial charge in [0.1, 0.15) is 49.4 Å². The number of aliphatic hydroxyl groups excluding tert-OH is 2. The van der Waals surface area contributed by atoms with E-state index in [4.69, 9.17) is 18.9 Å². The van der Waals surface area contributed by atoms with Gasteiger partial charge in [-0.2, -0.15) is 0 Å². The van der Waals surface area contributed by atoms with Crippen molar-refractivity contribution in [2.24, 2.45) is 0 Å². The van der Waals surface area contributed by atoms with Gasteiger partial charge in [0.15, 0.2) is 0 Å². The van der Waals surface area contributed by atoms with E-state index in [9.17, 15) is 10.2 Å². The predicted octanol–water partition coefficient (Wildman–Crippen LogP) is 7.84. The van der Waals surface area contributed by atoms with Gasteiger partial charge in [0.25, 0.3) is 0 Å². The molecule has 0 amide bonds. The molecule has 5 aromatic rings. The largest absolute Gasteiger partial charge is 0.489 e. The van der Waals surface area contributed by atoms with Gasteiger partial charge in [0.05, 0.1) is 13.2 Å². The number of ether oxygens (including phenoxy) is 4. The smallest absolute Gasteiger partial charge is 0.128 e. The van der Waals surface area contributed by atoms with Crippen LogP contribution in [0.5, 0.6) is 23.0 Å². The number of benzene rings is 4. The normalized spacial score (nSPS) is 11.0. The van der Waals surface area contributed by atoms with Crippen molar-refractivity contribution in [3.63, 3.8) is 0 Å².